The number of hydrogen-bond donors (Lipinski definition) is 2. The Morgan fingerprint density at radius 2 is 2.04 bits per heavy atom. The van der Waals surface area contributed by atoms with Crippen LogP contribution in [0.5, 0.6) is 0 Å². The molecule has 3 aliphatic rings. The SMILES string of the molecule is O=C1CC(NC(=O)C2CC3CCCCC3N2C(=O)c2cccc(Cl)c2)CN1. The lowest BCUT2D eigenvalue weighted by molar-refractivity contribution is -0.125. The summed E-state index contributed by atoms with van der Waals surface area (Å²) in [6.45, 7) is 0.451. The Bertz CT molecular complexity index is 769. The quantitative estimate of drug-likeness (QED) is 0.831. The Morgan fingerprint density at radius 1 is 1.22 bits per heavy atom. The monoisotopic (exact) mass is 389 g/mol. The van der Waals surface area contributed by atoms with E-state index < -0.39 is 6.04 Å². The Labute approximate surface area is 163 Å². The van der Waals surface area contributed by atoms with Crippen molar-refractivity contribution in [2.45, 2.75) is 56.7 Å². The highest BCUT2D eigenvalue weighted by Crippen LogP contribution is 2.40. The molecule has 1 saturated carbocycles. The molecule has 2 heterocycles. The number of hydrogen-bond acceptors (Lipinski definition) is 3. The molecule has 2 aliphatic heterocycles. The molecule has 6 nitrogen and oxygen atoms in total. The van der Waals surface area contributed by atoms with E-state index in [0.29, 0.717) is 35.9 Å². The summed E-state index contributed by atoms with van der Waals surface area (Å²) in [7, 11) is 0. The molecule has 1 aromatic rings. The molecular formula is C20H24ClN3O3. The van der Waals surface area contributed by atoms with Crippen LogP contribution in [0.15, 0.2) is 24.3 Å². The van der Waals surface area contributed by atoms with E-state index in [9.17, 15) is 14.4 Å². The van der Waals surface area contributed by atoms with Crippen LogP contribution in [0.2, 0.25) is 5.02 Å². The van der Waals surface area contributed by atoms with E-state index in [-0.39, 0.29) is 29.8 Å². The van der Waals surface area contributed by atoms with Crippen LogP contribution in [0.25, 0.3) is 0 Å². The minimum Gasteiger partial charge on any atom is -0.354 e. The maximum absolute atomic E-state index is 13.3. The van der Waals surface area contributed by atoms with Gasteiger partial charge in [-0.25, -0.2) is 0 Å². The zero-order chi connectivity index (χ0) is 19.0. The summed E-state index contributed by atoms with van der Waals surface area (Å²) in [5, 5.41) is 6.21. The van der Waals surface area contributed by atoms with Crippen molar-refractivity contribution in [2.75, 3.05) is 6.54 Å². The molecule has 27 heavy (non-hydrogen) atoms. The van der Waals surface area contributed by atoms with E-state index in [1.165, 1.54) is 0 Å². The van der Waals surface area contributed by atoms with Crippen LogP contribution in [-0.2, 0) is 9.59 Å². The molecule has 0 spiro atoms. The van der Waals surface area contributed by atoms with Gasteiger partial charge in [-0.05, 0) is 43.4 Å². The topological polar surface area (TPSA) is 78.5 Å². The van der Waals surface area contributed by atoms with E-state index in [4.69, 9.17) is 11.6 Å². The number of amides is 3. The fraction of sp³-hybridized carbons (Fsp3) is 0.550. The molecule has 3 amide bonds. The second-order valence-corrected chi connectivity index (χ2v) is 8.24. The number of halogens is 1. The fourth-order valence-electron chi connectivity index (χ4n) is 4.76. The van der Waals surface area contributed by atoms with Crippen molar-refractivity contribution in [3.05, 3.63) is 34.9 Å². The van der Waals surface area contributed by atoms with Crippen molar-refractivity contribution in [2.24, 2.45) is 5.92 Å². The van der Waals surface area contributed by atoms with Crippen LogP contribution in [-0.4, -0.2) is 47.3 Å². The highest BCUT2D eigenvalue weighted by atomic mass is 35.5. The summed E-state index contributed by atoms with van der Waals surface area (Å²) in [5.41, 5.74) is 0.518. The first-order valence-corrected chi connectivity index (χ1v) is 10.1. The molecule has 4 atom stereocenters. The zero-order valence-electron chi connectivity index (χ0n) is 15.1. The average Bonchev–Trinajstić information content (AvgIpc) is 3.24. The number of fused-ring (bicyclic) bond motifs is 1. The molecule has 144 valence electrons. The third kappa shape index (κ3) is 3.68. The average molecular weight is 390 g/mol. The Kier molecular flexibility index (Phi) is 5.08. The first kappa shape index (κ1) is 18.3. The minimum atomic E-state index is -0.486. The molecule has 0 radical (unpaired) electrons. The predicted molar refractivity (Wildman–Crippen MR) is 101 cm³/mol. The lowest BCUT2D eigenvalue weighted by atomic mass is 9.84. The largest absolute Gasteiger partial charge is 0.354 e. The predicted octanol–water partition coefficient (Wildman–Crippen LogP) is 2.12. The van der Waals surface area contributed by atoms with Crippen molar-refractivity contribution >= 4 is 29.3 Å². The first-order chi connectivity index (χ1) is 13.0. The third-order valence-corrected chi connectivity index (χ3v) is 6.26. The molecule has 0 bridgehead atoms. The van der Waals surface area contributed by atoms with Crippen molar-refractivity contribution in [3.63, 3.8) is 0 Å². The number of carbonyl (C=O) groups is 3. The van der Waals surface area contributed by atoms with E-state index in [1.54, 1.807) is 29.2 Å². The Balaban J connectivity index is 1.57. The number of benzene rings is 1. The number of rotatable bonds is 3. The molecule has 3 fully saturated rings. The maximum Gasteiger partial charge on any atom is 0.254 e. The summed E-state index contributed by atoms with van der Waals surface area (Å²) >= 11 is 6.07. The summed E-state index contributed by atoms with van der Waals surface area (Å²) in [6, 6.07) is 6.32. The Hall–Kier alpha value is -2.08. The summed E-state index contributed by atoms with van der Waals surface area (Å²) in [4.78, 5) is 39.5. The fourth-order valence-corrected chi connectivity index (χ4v) is 4.95. The van der Waals surface area contributed by atoms with E-state index in [1.807, 2.05) is 0 Å². The van der Waals surface area contributed by atoms with Gasteiger partial charge in [0.2, 0.25) is 11.8 Å². The van der Waals surface area contributed by atoms with Gasteiger partial charge in [0, 0.05) is 29.6 Å². The van der Waals surface area contributed by atoms with Crippen molar-refractivity contribution < 1.29 is 14.4 Å². The van der Waals surface area contributed by atoms with Gasteiger partial charge in [-0.3, -0.25) is 14.4 Å². The van der Waals surface area contributed by atoms with E-state index in [2.05, 4.69) is 10.6 Å². The van der Waals surface area contributed by atoms with Crippen LogP contribution in [0.4, 0.5) is 0 Å². The molecular weight excluding hydrogens is 366 g/mol. The van der Waals surface area contributed by atoms with Gasteiger partial charge in [-0.1, -0.05) is 30.5 Å². The number of likely N-dealkylation sites (tertiary alicyclic amines) is 1. The van der Waals surface area contributed by atoms with Gasteiger partial charge < -0.3 is 15.5 Å². The molecule has 4 unspecified atom stereocenters. The summed E-state index contributed by atoms with van der Waals surface area (Å²) in [5.74, 6) is 0.0298. The van der Waals surface area contributed by atoms with Crippen molar-refractivity contribution in [1.29, 1.82) is 0 Å². The molecule has 0 aromatic heterocycles. The zero-order valence-corrected chi connectivity index (χ0v) is 15.9. The molecule has 2 N–H and O–H groups in total. The first-order valence-electron chi connectivity index (χ1n) is 9.68. The minimum absolute atomic E-state index is 0.0488. The number of carbonyl (C=O) groups excluding carboxylic acids is 3. The maximum atomic E-state index is 13.3. The van der Waals surface area contributed by atoms with E-state index in [0.717, 1.165) is 25.7 Å². The molecule has 1 aliphatic carbocycles. The van der Waals surface area contributed by atoms with Crippen LogP contribution in [0.3, 0.4) is 0 Å². The molecule has 4 rings (SSSR count). The number of nitrogens with zero attached hydrogens (tertiary/aromatic N) is 1. The van der Waals surface area contributed by atoms with Crippen LogP contribution < -0.4 is 10.6 Å². The van der Waals surface area contributed by atoms with Gasteiger partial charge >= 0.3 is 0 Å². The number of nitrogens with one attached hydrogen (secondary N) is 2. The van der Waals surface area contributed by atoms with Crippen molar-refractivity contribution in [3.8, 4) is 0 Å². The molecule has 1 aromatic carbocycles. The summed E-state index contributed by atoms with van der Waals surface area (Å²) < 4.78 is 0. The van der Waals surface area contributed by atoms with Gasteiger partial charge in [0.1, 0.15) is 6.04 Å². The Morgan fingerprint density at radius 3 is 2.78 bits per heavy atom. The second kappa shape index (κ2) is 7.50. The van der Waals surface area contributed by atoms with Crippen LogP contribution in [0, 0.1) is 5.92 Å². The highest BCUT2D eigenvalue weighted by Gasteiger charge is 2.48. The molecule has 7 heteroatoms. The standard InChI is InChI=1S/C20H24ClN3O3/c21-14-6-3-5-13(8-14)20(27)24-16-7-2-1-4-12(16)9-17(24)19(26)23-15-10-18(25)22-11-15/h3,5-6,8,12,15-17H,1-2,4,7,9-11H2,(H,22,25)(H,23,26). The van der Waals surface area contributed by atoms with Crippen LogP contribution in [0.1, 0.15) is 48.9 Å². The lowest BCUT2D eigenvalue weighted by Crippen LogP contribution is -2.51. The smallest absolute Gasteiger partial charge is 0.254 e. The van der Waals surface area contributed by atoms with Gasteiger partial charge in [0.25, 0.3) is 5.91 Å². The van der Waals surface area contributed by atoms with Crippen molar-refractivity contribution in [1.82, 2.24) is 15.5 Å². The van der Waals surface area contributed by atoms with Gasteiger partial charge in [-0.15, -0.1) is 0 Å². The second-order valence-electron chi connectivity index (χ2n) is 7.80. The molecule has 2 saturated heterocycles. The highest BCUT2D eigenvalue weighted by molar-refractivity contribution is 6.31. The van der Waals surface area contributed by atoms with Gasteiger partial charge in [0.05, 0.1) is 6.04 Å². The van der Waals surface area contributed by atoms with Crippen LogP contribution >= 0.6 is 11.6 Å². The lowest BCUT2D eigenvalue weighted by Gasteiger charge is -2.34. The van der Waals surface area contributed by atoms with Gasteiger partial charge in [0.15, 0.2) is 0 Å². The van der Waals surface area contributed by atoms with Gasteiger partial charge in [-0.2, -0.15) is 0 Å². The summed E-state index contributed by atoms with van der Waals surface area (Å²) in [6.07, 6.45) is 5.21. The normalized spacial score (nSPS) is 30.0. The third-order valence-electron chi connectivity index (χ3n) is 6.02. The van der Waals surface area contributed by atoms with E-state index >= 15 is 0 Å².